The SMILES string of the molecule is Cc1cnc(N2CCCC2C(=O)O)nc1Nc1cc(C2CC2)[nH]n1. The largest absolute Gasteiger partial charge is 0.480 e. The number of anilines is 3. The molecular formula is C16H20N6O2. The molecule has 8 heteroatoms. The summed E-state index contributed by atoms with van der Waals surface area (Å²) in [6.07, 6.45) is 5.60. The van der Waals surface area contributed by atoms with E-state index in [0.29, 0.717) is 30.6 Å². The van der Waals surface area contributed by atoms with E-state index < -0.39 is 12.0 Å². The number of carboxylic acid groups (broad SMARTS) is 1. The number of rotatable bonds is 5. The predicted molar refractivity (Wildman–Crippen MR) is 88.6 cm³/mol. The molecule has 1 unspecified atom stereocenters. The topological polar surface area (TPSA) is 107 Å². The Bertz CT molecular complexity index is 770. The molecule has 1 saturated heterocycles. The molecule has 8 nitrogen and oxygen atoms in total. The first-order valence-electron chi connectivity index (χ1n) is 8.27. The second-order valence-corrected chi connectivity index (χ2v) is 6.50. The van der Waals surface area contributed by atoms with Gasteiger partial charge in [0.15, 0.2) is 5.82 Å². The second-order valence-electron chi connectivity index (χ2n) is 6.50. The lowest BCUT2D eigenvalue weighted by molar-refractivity contribution is -0.138. The fourth-order valence-corrected chi connectivity index (χ4v) is 3.09. The smallest absolute Gasteiger partial charge is 0.326 e. The van der Waals surface area contributed by atoms with Crippen molar-refractivity contribution in [2.24, 2.45) is 0 Å². The summed E-state index contributed by atoms with van der Waals surface area (Å²) in [7, 11) is 0. The molecule has 2 aromatic heterocycles. The summed E-state index contributed by atoms with van der Waals surface area (Å²) in [6.45, 7) is 2.58. The molecule has 3 N–H and O–H groups in total. The van der Waals surface area contributed by atoms with Gasteiger partial charge in [0.1, 0.15) is 11.9 Å². The van der Waals surface area contributed by atoms with Crippen LogP contribution in [0.5, 0.6) is 0 Å². The first-order chi connectivity index (χ1) is 11.6. The number of nitrogens with one attached hydrogen (secondary N) is 2. The molecule has 0 aromatic carbocycles. The lowest BCUT2D eigenvalue weighted by Crippen LogP contribution is -2.37. The number of carboxylic acids is 1. The zero-order valence-electron chi connectivity index (χ0n) is 13.5. The molecule has 0 radical (unpaired) electrons. The zero-order chi connectivity index (χ0) is 16.7. The minimum Gasteiger partial charge on any atom is -0.480 e. The highest BCUT2D eigenvalue weighted by Crippen LogP contribution is 2.39. The predicted octanol–water partition coefficient (Wildman–Crippen LogP) is 2.18. The number of hydrogen-bond donors (Lipinski definition) is 3. The molecule has 2 aliphatic rings. The van der Waals surface area contributed by atoms with Crippen molar-refractivity contribution in [1.29, 1.82) is 0 Å². The Balaban J connectivity index is 1.57. The van der Waals surface area contributed by atoms with Crippen molar-refractivity contribution in [2.45, 2.75) is 44.6 Å². The molecule has 1 saturated carbocycles. The van der Waals surface area contributed by atoms with Crippen molar-refractivity contribution < 1.29 is 9.90 Å². The highest BCUT2D eigenvalue weighted by molar-refractivity contribution is 5.78. The summed E-state index contributed by atoms with van der Waals surface area (Å²) in [5.74, 6) is 1.61. The maximum Gasteiger partial charge on any atom is 0.326 e. The lowest BCUT2D eigenvalue weighted by atomic mass is 10.2. The molecule has 2 fully saturated rings. The Morgan fingerprint density at radius 3 is 3.00 bits per heavy atom. The van der Waals surface area contributed by atoms with Crippen LogP contribution in [0.2, 0.25) is 0 Å². The third-order valence-corrected chi connectivity index (χ3v) is 4.62. The van der Waals surface area contributed by atoms with E-state index in [-0.39, 0.29) is 0 Å². The summed E-state index contributed by atoms with van der Waals surface area (Å²) in [6, 6.07) is 1.46. The quantitative estimate of drug-likeness (QED) is 0.772. The Hall–Kier alpha value is -2.64. The van der Waals surface area contributed by atoms with Crippen LogP contribution in [0.25, 0.3) is 0 Å². The van der Waals surface area contributed by atoms with Crippen molar-refractivity contribution in [3.05, 3.63) is 23.5 Å². The molecule has 1 aliphatic carbocycles. The molecule has 1 aliphatic heterocycles. The Labute approximate surface area is 139 Å². The van der Waals surface area contributed by atoms with Gasteiger partial charge in [0.2, 0.25) is 5.95 Å². The molecule has 126 valence electrons. The molecule has 1 atom stereocenters. The van der Waals surface area contributed by atoms with E-state index in [0.717, 1.165) is 23.5 Å². The summed E-state index contributed by atoms with van der Waals surface area (Å²) in [5.41, 5.74) is 2.04. The van der Waals surface area contributed by atoms with Crippen molar-refractivity contribution in [1.82, 2.24) is 20.2 Å². The van der Waals surface area contributed by atoms with Crippen LogP contribution in [0.3, 0.4) is 0 Å². The first-order valence-corrected chi connectivity index (χ1v) is 8.27. The number of carbonyl (C=O) groups is 1. The number of aliphatic carboxylic acids is 1. The Morgan fingerprint density at radius 1 is 1.42 bits per heavy atom. The third-order valence-electron chi connectivity index (χ3n) is 4.62. The van der Waals surface area contributed by atoms with Gasteiger partial charge < -0.3 is 15.3 Å². The Morgan fingerprint density at radius 2 is 2.25 bits per heavy atom. The lowest BCUT2D eigenvalue weighted by Gasteiger charge is -2.22. The maximum atomic E-state index is 11.4. The highest BCUT2D eigenvalue weighted by atomic mass is 16.4. The molecule has 24 heavy (non-hydrogen) atoms. The molecule has 0 spiro atoms. The fraction of sp³-hybridized carbons (Fsp3) is 0.500. The van der Waals surface area contributed by atoms with Crippen LogP contribution in [-0.4, -0.2) is 43.8 Å². The van der Waals surface area contributed by atoms with Gasteiger partial charge in [0.25, 0.3) is 0 Å². The summed E-state index contributed by atoms with van der Waals surface area (Å²) in [5, 5.41) is 19.9. The minimum absolute atomic E-state index is 0.450. The number of aryl methyl sites for hydroxylation is 1. The first kappa shape index (κ1) is 14.9. The van der Waals surface area contributed by atoms with Crippen LogP contribution < -0.4 is 10.2 Å². The standard InChI is InChI=1S/C16H20N6O2/c1-9-8-17-16(22-6-2-3-12(22)15(23)24)19-14(9)18-13-7-11(20-21-13)10-4-5-10/h7-8,10,12H,2-6H2,1H3,(H,23,24)(H2,17,18,19,20,21). The van der Waals surface area contributed by atoms with E-state index in [1.165, 1.54) is 12.8 Å². The van der Waals surface area contributed by atoms with Crippen molar-refractivity contribution in [2.75, 3.05) is 16.8 Å². The van der Waals surface area contributed by atoms with Gasteiger partial charge in [-0.3, -0.25) is 5.10 Å². The van der Waals surface area contributed by atoms with Gasteiger partial charge in [-0.1, -0.05) is 0 Å². The van der Waals surface area contributed by atoms with Crippen LogP contribution in [0.15, 0.2) is 12.3 Å². The van der Waals surface area contributed by atoms with Gasteiger partial charge >= 0.3 is 5.97 Å². The third kappa shape index (κ3) is 2.79. The van der Waals surface area contributed by atoms with Crippen LogP contribution in [0.1, 0.15) is 42.9 Å². The molecule has 0 amide bonds. The van der Waals surface area contributed by atoms with Crippen molar-refractivity contribution in [3.63, 3.8) is 0 Å². The minimum atomic E-state index is -0.826. The van der Waals surface area contributed by atoms with E-state index in [1.54, 1.807) is 11.1 Å². The van der Waals surface area contributed by atoms with E-state index >= 15 is 0 Å². The number of H-pyrrole nitrogens is 1. The number of nitrogens with zero attached hydrogens (tertiary/aromatic N) is 4. The average Bonchev–Trinajstić information content (AvgIpc) is 3.10. The number of aromatic nitrogens is 4. The summed E-state index contributed by atoms with van der Waals surface area (Å²) >= 11 is 0. The fourth-order valence-electron chi connectivity index (χ4n) is 3.09. The van der Waals surface area contributed by atoms with Gasteiger partial charge in [-0.15, -0.1) is 0 Å². The number of aromatic amines is 1. The van der Waals surface area contributed by atoms with Crippen molar-refractivity contribution >= 4 is 23.6 Å². The molecule has 0 bridgehead atoms. The van der Waals surface area contributed by atoms with E-state index in [9.17, 15) is 9.90 Å². The van der Waals surface area contributed by atoms with Crippen LogP contribution >= 0.6 is 0 Å². The summed E-state index contributed by atoms with van der Waals surface area (Å²) < 4.78 is 0. The number of hydrogen-bond acceptors (Lipinski definition) is 6. The van der Waals surface area contributed by atoms with Gasteiger partial charge in [-0.05, 0) is 32.6 Å². The van der Waals surface area contributed by atoms with Gasteiger partial charge in [0, 0.05) is 36.0 Å². The molecule has 2 aromatic rings. The Kier molecular flexibility index (Phi) is 3.59. The van der Waals surface area contributed by atoms with Crippen LogP contribution in [0, 0.1) is 6.92 Å². The van der Waals surface area contributed by atoms with Crippen LogP contribution in [-0.2, 0) is 4.79 Å². The molecular weight excluding hydrogens is 308 g/mol. The molecule has 3 heterocycles. The van der Waals surface area contributed by atoms with E-state index in [1.807, 2.05) is 13.0 Å². The maximum absolute atomic E-state index is 11.4. The highest BCUT2D eigenvalue weighted by Gasteiger charge is 2.32. The average molecular weight is 328 g/mol. The van der Waals surface area contributed by atoms with Crippen molar-refractivity contribution in [3.8, 4) is 0 Å². The monoisotopic (exact) mass is 328 g/mol. The van der Waals surface area contributed by atoms with Gasteiger partial charge in [0.05, 0.1) is 0 Å². The normalized spacial score (nSPS) is 20.4. The second kappa shape index (κ2) is 5.77. The molecule has 4 rings (SSSR count). The van der Waals surface area contributed by atoms with Gasteiger partial charge in [-0.25, -0.2) is 9.78 Å². The van der Waals surface area contributed by atoms with E-state index in [2.05, 4.69) is 25.5 Å². The van der Waals surface area contributed by atoms with E-state index in [4.69, 9.17) is 0 Å². The van der Waals surface area contributed by atoms with Gasteiger partial charge in [-0.2, -0.15) is 10.1 Å². The summed E-state index contributed by atoms with van der Waals surface area (Å²) in [4.78, 5) is 22.0. The van der Waals surface area contributed by atoms with Crippen LogP contribution in [0.4, 0.5) is 17.6 Å². The zero-order valence-corrected chi connectivity index (χ0v) is 13.5.